The fraction of sp³-hybridized carbons (Fsp3) is 0.409. The van der Waals surface area contributed by atoms with E-state index in [1.807, 2.05) is 24.3 Å². The van der Waals surface area contributed by atoms with Gasteiger partial charge in [-0.25, -0.2) is 8.42 Å². The standard InChI is InChI=1S/C22H27ClN2O4S/c1-5-22(6-2)14-19(16-9-7-8-10-20(16)29-22)24-21(26)17-13-15(11-12-18(17)23)25(3)30(4,27)28/h7-13,19H,5-6,14H2,1-4H3,(H,24,26)/t19-/m0/s1. The lowest BCUT2D eigenvalue weighted by Crippen LogP contribution is -2.44. The third-order valence-corrected chi connectivity index (χ3v) is 7.38. The van der Waals surface area contributed by atoms with E-state index in [2.05, 4.69) is 19.2 Å². The molecule has 0 bridgehead atoms. The van der Waals surface area contributed by atoms with Crippen molar-refractivity contribution >= 4 is 33.2 Å². The van der Waals surface area contributed by atoms with E-state index in [0.717, 1.165) is 34.7 Å². The first kappa shape index (κ1) is 22.4. The summed E-state index contributed by atoms with van der Waals surface area (Å²) >= 11 is 6.29. The van der Waals surface area contributed by atoms with Crippen molar-refractivity contribution in [3.8, 4) is 5.75 Å². The molecule has 30 heavy (non-hydrogen) atoms. The number of para-hydroxylation sites is 1. The van der Waals surface area contributed by atoms with Crippen LogP contribution in [0.25, 0.3) is 0 Å². The smallest absolute Gasteiger partial charge is 0.253 e. The summed E-state index contributed by atoms with van der Waals surface area (Å²) in [7, 11) is -2.02. The van der Waals surface area contributed by atoms with Gasteiger partial charge in [-0.3, -0.25) is 9.10 Å². The summed E-state index contributed by atoms with van der Waals surface area (Å²) in [6.45, 7) is 4.16. The van der Waals surface area contributed by atoms with Crippen molar-refractivity contribution in [3.63, 3.8) is 0 Å². The zero-order valence-corrected chi connectivity index (χ0v) is 19.2. The Kier molecular flexibility index (Phi) is 6.34. The third kappa shape index (κ3) is 4.42. The minimum Gasteiger partial charge on any atom is -0.487 e. The number of nitrogens with one attached hydrogen (secondary N) is 1. The van der Waals surface area contributed by atoms with Crippen molar-refractivity contribution in [1.29, 1.82) is 0 Å². The molecule has 2 aromatic rings. The number of carbonyl (C=O) groups excluding carboxylic acids is 1. The summed E-state index contributed by atoms with van der Waals surface area (Å²) in [5, 5.41) is 3.35. The normalized spacial score (nSPS) is 17.6. The summed E-state index contributed by atoms with van der Waals surface area (Å²) in [6.07, 6.45) is 3.39. The summed E-state index contributed by atoms with van der Waals surface area (Å²) in [5.74, 6) is 0.418. The average molecular weight is 451 g/mol. The molecule has 0 radical (unpaired) electrons. The van der Waals surface area contributed by atoms with Crippen molar-refractivity contribution in [2.45, 2.75) is 44.8 Å². The first-order valence-corrected chi connectivity index (χ1v) is 12.1. The molecule has 0 aliphatic carbocycles. The number of amides is 1. The zero-order valence-electron chi connectivity index (χ0n) is 17.6. The number of sulfonamides is 1. The van der Waals surface area contributed by atoms with Gasteiger partial charge < -0.3 is 10.1 Å². The molecule has 0 fully saturated rings. The van der Waals surface area contributed by atoms with Gasteiger partial charge in [-0.2, -0.15) is 0 Å². The quantitative estimate of drug-likeness (QED) is 0.700. The molecule has 1 atom stereocenters. The number of anilines is 1. The molecule has 1 aliphatic heterocycles. The molecule has 0 saturated carbocycles. The maximum absolute atomic E-state index is 13.2. The lowest BCUT2D eigenvalue weighted by atomic mass is 9.83. The van der Waals surface area contributed by atoms with Crippen molar-refractivity contribution in [2.24, 2.45) is 0 Å². The largest absolute Gasteiger partial charge is 0.487 e. The minimum absolute atomic E-state index is 0.229. The van der Waals surface area contributed by atoms with Gasteiger partial charge in [0, 0.05) is 19.0 Å². The second-order valence-corrected chi connectivity index (χ2v) is 10.1. The minimum atomic E-state index is -3.46. The number of benzene rings is 2. The summed E-state index contributed by atoms with van der Waals surface area (Å²) in [6, 6.07) is 12.1. The Morgan fingerprint density at radius 2 is 1.90 bits per heavy atom. The number of nitrogens with zero attached hydrogens (tertiary/aromatic N) is 1. The van der Waals surface area contributed by atoms with Crippen molar-refractivity contribution in [1.82, 2.24) is 5.32 Å². The Morgan fingerprint density at radius 1 is 1.23 bits per heavy atom. The molecule has 162 valence electrons. The first-order chi connectivity index (χ1) is 14.1. The molecule has 3 rings (SSSR count). The summed E-state index contributed by atoms with van der Waals surface area (Å²) < 4.78 is 31.1. The van der Waals surface area contributed by atoms with Gasteiger partial charge in [0.05, 0.1) is 28.6 Å². The lowest BCUT2D eigenvalue weighted by Gasteiger charge is -2.41. The van der Waals surface area contributed by atoms with Crippen LogP contribution >= 0.6 is 11.6 Å². The Morgan fingerprint density at radius 3 is 2.53 bits per heavy atom. The second-order valence-electron chi connectivity index (χ2n) is 7.65. The van der Waals surface area contributed by atoms with Crippen LogP contribution in [0.5, 0.6) is 5.75 Å². The number of fused-ring (bicyclic) bond motifs is 1. The zero-order chi connectivity index (χ0) is 22.1. The van der Waals surface area contributed by atoms with Crippen LogP contribution in [0.4, 0.5) is 5.69 Å². The van der Waals surface area contributed by atoms with E-state index in [1.54, 1.807) is 6.07 Å². The number of carbonyl (C=O) groups is 1. The van der Waals surface area contributed by atoms with Crippen LogP contribution < -0.4 is 14.4 Å². The SMILES string of the molecule is CCC1(CC)C[C@H](NC(=O)c2cc(N(C)S(C)(=O)=O)ccc2Cl)c2ccccc2O1. The van der Waals surface area contributed by atoms with Crippen LogP contribution in [-0.4, -0.2) is 33.2 Å². The van der Waals surface area contributed by atoms with E-state index in [9.17, 15) is 13.2 Å². The Hall–Kier alpha value is -2.25. The third-order valence-electron chi connectivity index (χ3n) is 5.85. The molecule has 0 aromatic heterocycles. The highest BCUT2D eigenvalue weighted by Gasteiger charge is 2.39. The van der Waals surface area contributed by atoms with Crippen LogP contribution in [0.3, 0.4) is 0 Å². The maximum Gasteiger partial charge on any atom is 0.253 e. The summed E-state index contributed by atoms with van der Waals surface area (Å²) in [5.41, 5.74) is 1.17. The van der Waals surface area contributed by atoms with Crippen LogP contribution in [-0.2, 0) is 10.0 Å². The molecular weight excluding hydrogens is 424 g/mol. The van der Waals surface area contributed by atoms with Gasteiger partial charge in [-0.1, -0.05) is 43.6 Å². The molecule has 8 heteroatoms. The molecule has 2 aromatic carbocycles. The Labute approximate surface area is 183 Å². The molecule has 1 aliphatic rings. The van der Waals surface area contributed by atoms with Crippen LogP contribution in [0, 0.1) is 0 Å². The molecule has 1 heterocycles. The number of hydrogen-bond acceptors (Lipinski definition) is 4. The highest BCUT2D eigenvalue weighted by atomic mass is 35.5. The lowest BCUT2D eigenvalue weighted by molar-refractivity contribution is 0.0227. The second kappa shape index (κ2) is 8.47. The highest BCUT2D eigenvalue weighted by Crippen LogP contribution is 2.42. The van der Waals surface area contributed by atoms with Crippen LogP contribution in [0.2, 0.25) is 5.02 Å². The number of ether oxygens (including phenoxy) is 1. The monoisotopic (exact) mass is 450 g/mol. The van der Waals surface area contributed by atoms with E-state index >= 15 is 0 Å². The van der Waals surface area contributed by atoms with Crippen LogP contribution in [0.15, 0.2) is 42.5 Å². The van der Waals surface area contributed by atoms with Gasteiger partial charge in [-0.15, -0.1) is 0 Å². The van der Waals surface area contributed by atoms with E-state index in [-0.39, 0.29) is 28.1 Å². The van der Waals surface area contributed by atoms with E-state index in [4.69, 9.17) is 16.3 Å². The van der Waals surface area contributed by atoms with Gasteiger partial charge in [0.15, 0.2) is 0 Å². The predicted octanol–water partition coefficient (Wildman–Crippen LogP) is 4.55. The van der Waals surface area contributed by atoms with Crippen molar-refractivity contribution < 1.29 is 17.9 Å². The fourth-order valence-corrected chi connectivity index (χ4v) is 4.44. The molecule has 0 unspecified atom stereocenters. The van der Waals surface area contributed by atoms with Gasteiger partial charge in [0.25, 0.3) is 5.91 Å². The Bertz CT molecular complexity index is 1050. The maximum atomic E-state index is 13.2. The van der Waals surface area contributed by atoms with E-state index < -0.39 is 10.0 Å². The Balaban J connectivity index is 1.94. The van der Waals surface area contributed by atoms with Crippen molar-refractivity contribution in [3.05, 3.63) is 58.6 Å². The van der Waals surface area contributed by atoms with E-state index in [0.29, 0.717) is 12.1 Å². The number of hydrogen-bond donors (Lipinski definition) is 1. The molecule has 1 N–H and O–H groups in total. The van der Waals surface area contributed by atoms with Gasteiger partial charge in [0.1, 0.15) is 11.4 Å². The first-order valence-electron chi connectivity index (χ1n) is 9.92. The number of rotatable bonds is 6. The molecule has 1 amide bonds. The molecule has 0 saturated heterocycles. The van der Waals surface area contributed by atoms with Gasteiger partial charge in [-0.05, 0) is 37.1 Å². The molecular formula is C22H27ClN2O4S. The highest BCUT2D eigenvalue weighted by molar-refractivity contribution is 7.92. The summed E-state index contributed by atoms with van der Waals surface area (Å²) in [4.78, 5) is 13.2. The number of halogens is 1. The fourth-order valence-electron chi connectivity index (χ4n) is 3.74. The van der Waals surface area contributed by atoms with E-state index in [1.165, 1.54) is 19.2 Å². The van der Waals surface area contributed by atoms with Gasteiger partial charge >= 0.3 is 0 Å². The average Bonchev–Trinajstić information content (AvgIpc) is 2.72. The van der Waals surface area contributed by atoms with Gasteiger partial charge in [0.2, 0.25) is 10.0 Å². The van der Waals surface area contributed by atoms with Crippen molar-refractivity contribution in [2.75, 3.05) is 17.6 Å². The molecule has 6 nitrogen and oxygen atoms in total. The van der Waals surface area contributed by atoms with Crippen LogP contribution in [0.1, 0.15) is 55.1 Å². The topological polar surface area (TPSA) is 75.7 Å². The predicted molar refractivity (Wildman–Crippen MR) is 120 cm³/mol. The molecule has 0 spiro atoms.